The number of aromatic nitrogens is 1. The molecule has 0 bridgehead atoms. The van der Waals surface area contributed by atoms with Crippen molar-refractivity contribution in [2.24, 2.45) is 0 Å². The first-order valence-corrected chi connectivity index (χ1v) is 4.70. The summed E-state index contributed by atoms with van der Waals surface area (Å²) in [6, 6.07) is 3.86. The first-order chi connectivity index (χ1) is 6.74. The van der Waals surface area contributed by atoms with E-state index in [1.165, 1.54) is 0 Å². The number of carboxylic acids is 1. The monoisotopic (exact) mass is 197 g/mol. The second kappa shape index (κ2) is 5.44. The summed E-state index contributed by atoms with van der Waals surface area (Å²) in [4.78, 5) is 10.3. The fourth-order valence-electron chi connectivity index (χ4n) is 1.42. The molecule has 0 radical (unpaired) electrons. The lowest BCUT2D eigenvalue weighted by Crippen LogP contribution is -2.05. The van der Waals surface area contributed by atoms with E-state index >= 15 is 0 Å². The van der Waals surface area contributed by atoms with Gasteiger partial charge in [0.1, 0.15) is 0 Å². The second-order valence-electron chi connectivity index (χ2n) is 3.16. The average Bonchev–Trinajstić information content (AvgIpc) is 2.53. The van der Waals surface area contributed by atoms with Crippen molar-refractivity contribution in [3.8, 4) is 0 Å². The van der Waals surface area contributed by atoms with Crippen LogP contribution in [0.15, 0.2) is 18.3 Å². The minimum atomic E-state index is -0.759. The third-order valence-electron chi connectivity index (χ3n) is 2.09. The first-order valence-electron chi connectivity index (χ1n) is 4.70. The van der Waals surface area contributed by atoms with Crippen LogP contribution in [0.4, 0.5) is 0 Å². The fourth-order valence-corrected chi connectivity index (χ4v) is 1.42. The third kappa shape index (κ3) is 3.22. The molecule has 1 aromatic rings. The highest BCUT2D eigenvalue weighted by molar-refractivity contribution is 5.66. The lowest BCUT2D eigenvalue weighted by molar-refractivity contribution is -0.137. The van der Waals surface area contributed by atoms with Gasteiger partial charge in [0, 0.05) is 24.9 Å². The molecule has 0 saturated carbocycles. The van der Waals surface area contributed by atoms with Gasteiger partial charge in [-0.3, -0.25) is 4.79 Å². The highest BCUT2D eigenvalue weighted by Gasteiger charge is 2.02. The maximum Gasteiger partial charge on any atom is 0.303 e. The van der Waals surface area contributed by atoms with Crippen LogP contribution in [0.3, 0.4) is 0 Å². The highest BCUT2D eigenvalue weighted by Crippen LogP contribution is 2.06. The molecule has 0 aliphatic carbocycles. The predicted octanol–water partition coefficient (Wildman–Crippen LogP) is 0.888. The van der Waals surface area contributed by atoms with E-state index in [2.05, 4.69) is 0 Å². The second-order valence-corrected chi connectivity index (χ2v) is 3.16. The van der Waals surface area contributed by atoms with Crippen LogP contribution in [0, 0.1) is 0 Å². The number of carbonyl (C=O) groups is 1. The molecule has 4 heteroatoms. The number of hydrogen-bond acceptors (Lipinski definition) is 2. The van der Waals surface area contributed by atoms with Crippen LogP contribution < -0.4 is 0 Å². The quantitative estimate of drug-likeness (QED) is 0.711. The van der Waals surface area contributed by atoms with E-state index in [-0.39, 0.29) is 13.0 Å². The van der Waals surface area contributed by atoms with Gasteiger partial charge in [-0.05, 0) is 25.0 Å². The maximum atomic E-state index is 10.3. The molecule has 78 valence electrons. The molecule has 0 atom stereocenters. The predicted molar refractivity (Wildman–Crippen MR) is 52.1 cm³/mol. The average molecular weight is 197 g/mol. The van der Waals surface area contributed by atoms with E-state index in [1.807, 2.05) is 22.9 Å². The van der Waals surface area contributed by atoms with Gasteiger partial charge in [-0.25, -0.2) is 0 Å². The van der Waals surface area contributed by atoms with E-state index in [0.29, 0.717) is 13.0 Å². The summed E-state index contributed by atoms with van der Waals surface area (Å²) in [6.07, 6.45) is 3.49. The van der Waals surface area contributed by atoms with E-state index in [4.69, 9.17) is 10.2 Å². The van der Waals surface area contributed by atoms with E-state index in [1.54, 1.807) is 0 Å². The standard InChI is InChI=1S/C10H15NO3/c12-8-7-11-6-2-4-9(11)3-1-5-10(13)14/h2,4,6,12H,1,3,5,7-8H2,(H,13,14). The Kier molecular flexibility index (Phi) is 4.19. The van der Waals surface area contributed by atoms with Gasteiger partial charge < -0.3 is 14.8 Å². The Morgan fingerprint density at radius 2 is 2.29 bits per heavy atom. The van der Waals surface area contributed by atoms with Crippen molar-refractivity contribution in [1.82, 2.24) is 4.57 Å². The molecule has 4 nitrogen and oxygen atoms in total. The molecule has 0 spiro atoms. The van der Waals surface area contributed by atoms with Gasteiger partial charge in [-0.15, -0.1) is 0 Å². The maximum absolute atomic E-state index is 10.3. The van der Waals surface area contributed by atoms with Crippen molar-refractivity contribution in [3.63, 3.8) is 0 Å². The lowest BCUT2D eigenvalue weighted by atomic mass is 10.2. The van der Waals surface area contributed by atoms with Gasteiger partial charge in [-0.2, -0.15) is 0 Å². The number of aliphatic hydroxyl groups is 1. The van der Waals surface area contributed by atoms with Crippen LogP contribution in [-0.4, -0.2) is 27.4 Å². The van der Waals surface area contributed by atoms with Gasteiger partial charge in [0.15, 0.2) is 0 Å². The Labute approximate surface area is 82.8 Å². The first kappa shape index (κ1) is 10.8. The van der Waals surface area contributed by atoms with Crippen LogP contribution in [0.1, 0.15) is 18.5 Å². The Bertz CT molecular complexity index is 293. The Balaban J connectivity index is 2.41. The normalized spacial score (nSPS) is 10.4. The zero-order chi connectivity index (χ0) is 10.4. The zero-order valence-electron chi connectivity index (χ0n) is 8.02. The molecule has 1 heterocycles. The highest BCUT2D eigenvalue weighted by atomic mass is 16.4. The Morgan fingerprint density at radius 1 is 1.50 bits per heavy atom. The van der Waals surface area contributed by atoms with Crippen LogP contribution >= 0.6 is 0 Å². The number of nitrogens with zero attached hydrogens (tertiary/aromatic N) is 1. The molecule has 0 aromatic carbocycles. The van der Waals surface area contributed by atoms with Crippen LogP contribution in [0.2, 0.25) is 0 Å². The Morgan fingerprint density at radius 3 is 2.93 bits per heavy atom. The van der Waals surface area contributed by atoms with E-state index in [9.17, 15) is 4.79 Å². The molecular formula is C10H15NO3. The summed E-state index contributed by atoms with van der Waals surface area (Å²) < 4.78 is 1.95. The molecule has 1 aromatic heterocycles. The van der Waals surface area contributed by atoms with Crippen LogP contribution in [0.5, 0.6) is 0 Å². The summed E-state index contributed by atoms with van der Waals surface area (Å²) >= 11 is 0. The van der Waals surface area contributed by atoms with Gasteiger partial charge in [0.05, 0.1) is 6.61 Å². The minimum Gasteiger partial charge on any atom is -0.481 e. The van der Waals surface area contributed by atoms with E-state index < -0.39 is 5.97 Å². The topological polar surface area (TPSA) is 62.5 Å². The Hall–Kier alpha value is -1.29. The lowest BCUT2D eigenvalue weighted by Gasteiger charge is -2.06. The molecule has 0 fully saturated rings. The zero-order valence-corrected chi connectivity index (χ0v) is 8.02. The van der Waals surface area contributed by atoms with Crippen LogP contribution in [0.25, 0.3) is 0 Å². The minimum absolute atomic E-state index is 0.112. The van der Waals surface area contributed by atoms with Gasteiger partial charge in [0.2, 0.25) is 0 Å². The fraction of sp³-hybridized carbons (Fsp3) is 0.500. The van der Waals surface area contributed by atoms with Crippen molar-refractivity contribution in [2.45, 2.75) is 25.8 Å². The number of carboxylic acid groups (broad SMARTS) is 1. The number of aliphatic hydroxyl groups excluding tert-OH is 1. The number of rotatable bonds is 6. The molecule has 0 amide bonds. The molecule has 0 saturated heterocycles. The van der Waals surface area contributed by atoms with Crippen molar-refractivity contribution >= 4 is 5.97 Å². The molecule has 0 unspecified atom stereocenters. The molecular weight excluding hydrogens is 182 g/mol. The summed E-state index contributed by atoms with van der Waals surface area (Å²) in [5.74, 6) is -0.759. The smallest absolute Gasteiger partial charge is 0.303 e. The molecule has 14 heavy (non-hydrogen) atoms. The summed E-state index contributed by atoms with van der Waals surface area (Å²) in [5.41, 5.74) is 1.08. The van der Waals surface area contributed by atoms with E-state index in [0.717, 1.165) is 12.1 Å². The van der Waals surface area contributed by atoms with Gasteiger partial charge in [0.25, 0.3) is 0 Å². The summed E-state index contributed by atoms with van der Waals surface area (Å²) in [5, 5.41) is 17.2. The van der Waals surface area contributed by atoms with Crippen molar-refractivity contribution in [3.05, 3.63) is 24.0 Å². The third-order valence-corrected chi connectivity index (χ3v) is 2.09. The SMILES string of the molecule is O=C(O)CCCc1cccn1CCO. The largest absolute Gasteiger partial charge is 0.481 e. The summed E-state index contributed by atoms with van der Waals surface area (Å²) in [7, 11) is 0. The summed E-state index contributed by atoms with van der Waals surface area (Å²) in [6.45, 7) is 0.690. The number of aliphatic carboxylic acids is 1. The van der Waals surface area contributed by atoms with Gasteiger partial charge in [-0.1, -0.05) is 0 Å². The van der Waals surface area contributed by atoms with Crippen molar-refractivity contribution < 1.29 is 15.0 Å². The molecule has 1 rings (SSSR count). The van der Waals surface area contributed by atoms with Gasteiger partial charge >= 0.3 is 5.97 Å². The van der Waals surface area contributed by atoms with Crippen molar-refractivity contribution in [2.75, 3.05) is 6.61 Å². The number of hydrogen-bond donors (Lipinski definition) is 2. The molecule has 2 N–H and O–H groups in total. The van der Waals surface area contributed by atoms with Crippen LogP contribution in [-0.2, 0) is 17.8 Å². The molecule has 0 aliphatic rings. The van der Waals surface area contributed by atoms with Crippen molar-refractivity contribution in [1.29, 1.82) is 0 Å². The number of aryl methyl sites for hydroxylation is 1. The molecule has 0 aliphatic heterocycles.